The lowest BCUT2D eigenvalue weighted by Gasteiger charge is -2.22. The second-order valence-corrected chi connectivity index (χ2v) is 8.99. The molecule has 0 saturated heterocycles. The van der Waals surface area contributed by atoms with E-state index in [0.717, 1.165) is 5.56 Å². The van der Waals surface area contributed by atoms with Crippen LogP contribution in [0, 0.1) is 11.8 Å². The van der Waals surface area contributed by atoms with Crippen molar-refractivity contribution in [3.05, 3.63) is 70.8 Å². The number of esters is 2. The van der Waals surface area contributed by atoms with Gasteiger partial charge in [0.15, 0.2) is 0 Å². The third kappa shape index (κ3) is 8.09. The molecule has 0 heterocycles. The molecule has 2 rings (SSSR count). The predicted molar refractivity (Wildman–Crippen MR) is 124 cm³/mol. The van der Waals surface area contributed by atoms with Gasteiger partial charge in [-0.05, 0) is 42.1 Å². The lowest BCUT2D eigenvalue weighted by Crippen LogP contribution is -2.25. The van der Waals surface area contributed by atoms with Crippen LogP contribution in [0.4, 0.5) is 0 Å². The molecule has 1 atom stereocenters. The Hall–Kier alpha value is -2.70. The minimum Gasteiger partial charge on any atom is -0.462 e. The molecule has 0 aromatic heterocycles. The Kier molecular flexibility index (Phi) is 9.88. The van der Waals surface area contributed by atoms with E-state index >= 15 is 0 Å². The van der Waals surface area contributed by atoms with Gasteiger partial charge in [-0.3, -0.25) is 4.90 Å². The van der Waals surface area contributed by atoms with Crippen LogP contribution in [0.2, 0.25) is 0 Å². The normalized spacial score (nSPS) is 12.3. The van der Waals surface area contributed by atoms with Crippen molar-refractivity contribution in [3.63, 3.8) is 0 Å². The fraction of sp³-hybridized carbons (Fsp3) is 0.462. The van der Waals surface area contributed by atoms with Crippen LogP contribution in [0.1, 0.15) is 65.6 Å². The second-order valence-electron chi connectivity index (χ2n) is 8.99. The van der Waals surface area contributed by atoms with Crippen LogP contribution in [-0.2, 0) is 16.0 Å². The minimum absolute atomic E-state index is 0.113. The van der Waals surface area contributed by atoms with Crippen molar-refractivity contribution < 1.29 is 24.2 Å². The van der Waals surface area contributed by atoms with Gasteiger partial charge in [0.05, 0.1) is 30.4 Å². The molecule has 0 radical (unpaired) electrons. The standard InChI is InChI=1S/C26H35NO5/c1-18(2)16-31-25(29)22-12-11-21(13-23(22)26(30)32-17-19(3)4)24(28)15-27(5)14-20-9-7-6-8-10-20/h6-13,18-19,24,28H,14-17H2,1-5H3. The number of benzene rings is 2. The highest BCUT2D eigenvalue weighted by Crippen LogP contribution is 2.22. The minimum atomic E-state index is -0.832. The number of rotatable bonds is 11. The molecule has 1 unspecified atom stereocenters. The van der Waals surface area contributed by atoms with E-state index in [1.54, 1.807) is 6.07 Å². The average molecular weight is 442 g/mol. The second kappa shape index (κ2) is 12.4. The van der Waals surface area contributed by atoms with E-state index in [0.29, 0.717) is 18.7 Å². The molecular weight excluding hydrogens is 406 g/mol. The molecule has 174 valence electrons. The summed E-state index contributed by atoms with van der Waals surface area (Å²) in [7, 11) is 1.92. The highest BCUT2D eigenvalue weighted by molar-refractivity contribution is 6.03. The van der Waals surface area contributed by atoms with E-state index in [2.05, 4.69) is 0 Å². The molecule has 0 aliphatic rings. The van der Waals surface area contributed by atoms with Gasteiger partial charge >= 0.3 is 11.9 Å². The van der Waals surface area contributed by atoms with Crippen molar-refractivity contribution in [1.82, 2.24) is 4.90 Å². The summed E-state index contributed by atoms with van der Waals surface area (Å²) >= 11 is 0. The maximum atomic E-state index is 12.7. The zero-order valence-electron chi connectivity index (χ0n) is 19.7. The molecule has 0 aliphatic carbocycles. The van der Waals surface area contributed by atoms with Crippen LogP contribution in [0.15, 0.2) is 48.5 Å². The number of nitrogens with zero attached hydrogens (tertiary/aromatic N) is 1. The summed E-state index contributed by atoms with van der Waals surface area (Å²) in [4.78, 5) is 27.3. The SMILES string of the molecule is CC(C)COC(=O)c1ccc(C(O)CN(C)Cc2ccccc2)cc1C(=O)OCC(C)C. The van der Waals surface area contributed by atoms with Gasteiger partial charge in [0.25, 0.3) is 0 Å². The van der Waals surface area contributed by atoms with Gasteiger partial charge in [0.2, 0.25) is 0 Å². The van der Waals surface area contributed by atoms with Crippen molar-refractivity contribution in [1.29, 1.82) is 0 Å². The number of carbonyl (C=O) groups excluding carboxylic acids is 2. The highest BCUT2D eigenvalue weighted by atomic mass is 16.5. The first-order valence-electron chi connectivity index (χ1n) is 11.1. The van der Waals surface area contributed by atoms with Crippen molar-refractivity contribution >= 4 is 11.9 Å². The average Bonchev–Trinajstić information content (AvgIpc) is 2.75. The largest absolute Gasteiger partial charge is 0.462 e. The number of hydrogen-bond acceptors (Lipinski definition) is 6. The summed E-state index contributed by atoms with van der Waals surface area (Å²) in [5, 5.41) is 10.8. The molecule has 1 N–H and O–H groups in total. The Labute approximate surface area is 191 Å². The molecule has 32 heavy (non-hydrogen) atoms. The molecule has 0 amide bonds. The summed E-state index contributed by atoms with van der Waals surface area (Å²) in [6.45, 7) is 9.31. The van der Waals surface area contributed by atoms with Crippen LogP contribution in [-0.4, -0.2) is 48.8 Å². The number of ether oxygens (including phenoxy) is 2. The molecule has 0 aliphatic heterocycles. The van der Waals surface area contributed by atoms with Crippen molar-refractivity contribution in [3.8, 4) is 0 Å². The van der Waals surface area contributed by atoms with Crippen LogP contribution >= 0.6 is 0 Å². The van der Waals surface area contributed by atoms with E-state index in [1.807, 2.05) is 70.0 Å². The summed E-state index contributed by atoms with van der Waals surface area (Å²) in [6, 6.07) is 14.7. The van der Waals surface area contributed by atoms with Crippen LogP contribution in [0.3, 0.4) is 0 Å². The molecule has 0 bridgehead atoms. The van der Waals surface area contributed by atoms with Crippen molar-refractivity contribution in [2.45, 2.75) is 40.3 Å². The topological polar surface area (TPSA) is 76.1 Å². The first-order valence-corrected chi connectivity index (χ1v) is 11.1. The van der Waals surface area contributed by atoms with Crippen LogP contribution in [0.5, 0.6) is 0 Å². The fourth-order valence-electron chi connectivity index (χ4n) is 3.12. The number of likely N-dealkylation sites (N-methyl/N-ethyl adjacent to an activating group) is 1. The van der Waals surface area contributed by atoms with Crippen molar-refractivity contribution in [2.75, 3.05) is 26.8 Å². The molecule has 6 heteroatoms. The fourth-order valence-corrected chi connectivity index (χ4v) is 3.12. The zero-order valence-corrected chi connectivity index (χ0v) is 19.7. The maximum absolute atomic E-state index is 12.7. The lowest BCUT2D eigenvalue weighted by molar-refractivity contribution is 0.0411. The zero-order chi connectivity index (χ0) is 23.7. The summed E-state index contributed by atoms with van der Waals surface area (Å²) in [5.41, 5.74) is 1.94. The molecule has 0 spiro atoms. The van der Waals surface area contributed by atoms with Crippen LogP contribution in [0.25, 0.3) is 0 Å². The van der Waals surface area contributed by atoms with Gasteiger partial charge < -0.3 is 14.6 Å². The molecule has 2 aromatic rings. The van der Waals surface area contributed by atoms with Crippen LogP contribution < -0.4 is 0 Å². The van der Waals surface area contributed by atoms with Gasteiger partial charge in [-0.1, -0.05) is 64.1 Å². The Morgan fingerprint density at radius 1 is 0.875 bits per heavy atom. The van der Waals surface area contributed by atoms with E-state index in [4.69, 9.17) is 9.47 Å². The Morgan fingerprint density at radius 3 is 2.00 bits per heavy atom. The molecule has 0 fully saturated rings. The highest BCUT2D eigenvalue weighted by Gasteiger charge is 2.23. The monoisotopic (exact) mass is 441 g/mol. The summed E-state index contributed by atoms with van der Waals surface area (Å²) in [6.07, 6.45) is -0.832. The first kappa shape index (κ1) is 25.6. The molecular formula is C26H35NO5. The van der Waals surface area contributed by atoms with Crippen molar-refractivity contribution in [2.24, 2.45) is 11.8 Å². The Morgan fingerprint density at radius 2 is 1.44 bits per heavy atom. The van der Waals surface area contributed by atoms with E-state index < -0.39 is 18.0 Å². The quantitative estimate of drug-likeness (QED) is 0.518. The summed E-state index contributed by atoms with van der Waals surface area (Å²) < 4.78 is 10.7. The van der Waals surface area contributed by atoms with Gasteiger partial charge in [-0.15, -0.1) is 0 Å². The summed E-state index contributed by atoms with van der Waals surface area (Å²) in [5.74, 6) is -0.827. The molecule has 2 aromatic carbocycles. The predicted octanol–water partition coefficient (Wildman–Crippen LogP) is 4.48. The third-order valence-electron chi connectivity index (χ3n) is 4.74. The lowest BCUT2D eigenvalue weighted by atomic mass is 10.00. The number of aliphatic hydroxyl groups is 1. The van der Waals surface area contributed by atoms with E-state index in [-0.39, 0.29) is 36.2 Å². The Bertz CT molecular complexity index is 879. The smallest absolute Gasteiger partial charge is 0.339 e. The van der Waals surface area contributed by atoms with Gasteiger partial charge in [-0.2, -0.15) is 0 Å². The van der Waals surface area contributed by atoms with Gasteiger partial charge in [0, 0.05) is 13.1 Å². The number of aliphatic hydroxyl groups excluding tert-OH is 1. The number of carbonyl (C=O) groups is 2. The Balaban J connectivity index is 2.20. The van der Waals surface area contributed by atoms with E-state index in [9.17, 15) is 14.7 Å². The number of hydrogen-bond donors (Lipinski definition) is 1. The molecule has 0 saturated carbocycles. The molecule has 6 nitrogen and oxygen atoms in total. The van der Waals surface area contributed by atoms with E-state index in [1.165, 1.54) is 12.1 Å². The maximum Gasteiger partial charge on any atom is 0.339 e. The van der Waals surface area contributed by atoms with Gasteiger partial charge in [-0.25, -0.2) is 9.59 Å². The third-order valence-corrected chi connectivity index (χ3v) is 4.74. The first-order chi connectivity index (χ1) is 15.2. The van der Waals surface area contributed by atoms with Gasteiger partial charge in [0.1, 0.15) is 0 Å².